The van der Waals surface area contributed by atoms with Gasteiger partial charge in [-0.25, -0.2) is 4.39 Å². The van der Waals surface area contributed by atoms with Gasteiger partial charge in [0.1, 0.15) is 5.82 Å². The largest absolute Gasteiger partial charge is 0.325 e. The number of nitrogens with one attached hydrogen (secondary N) is 1. The minimum Gasteiger partial charge on any atom is -0.325 e. The first-order chi connectivity index (χ1) is 15.1. The average Bonchev–Trinajstić information content (AvgIpc) is 3.18. The monoisotopic (exact) mass is 439 g/mol. The highest BCUT2D eigenvalue weighted by Crippen LogP contribution is 2.24. The van der Waals surface area contributed by atoms with Crippen molar-refractivity contribution in [1.82, 2.24) is 19.7 Å². The fraction of sp³-hybridized carbons (Fsp3) is 0.348. The maximum Gasteiger partial charge on any atom is 0.234 e. The molecule has 0 aliphatic carbocycles. The molecule has 0 spiro atoms. The van der Waals surface area contributed by atoms with Gasteiger partial charge in [-0.3, -0.25) is 14.3 Å². The van der Waals surface area contributed by atoms with Crippen LogP contribution in [0, 0.1) is 12.7 Å². The van der Waals surface area contributed by atoms with Gasteiger partial charge in [-0.1, -0.05) is 42.4 Å². The van der Waals surface area contributed by atoms with Crippen LogP contribution in [0.2, 0.25) is 0 Å². The van der Waals surface area contributed by atoms with Gasteiger partial charge in [0.15, 0.2) is 11.0 Å². The Morgan fingerprint density at radius 1 is 1.10 bits per heavy atom. The molecule has 31 heavy (non-hydrogen) atoms. The number of benzene rings is 2. The SMILES string of the molecule is Cc1ccc(NC(=O)CSc2nnc(CN3CCCCC3)n2-c2ccccc2)cc1F. The summed E-state index contributed by atoms with van der Waals surface area (Å²) in [6.07, 6.45) is 3.70. The quantitative estimate of drug-likeness (QED) is 0.552. The molecule has 1 amide bonds. The first-order valence-corrected chi connectivity index (χ1v) is 11.5. The maximum absolute atomic E-state index is 13.7. The Kier molecular flexibility index (Phi) is 6.99. The summed E-state index contributed by atoms with van der Waals surface area (Å²) < 4.78 is 15.8. The van der Waals surface area contributed by atoms with Gasteiger partial charge in [-0.05, 0) is 62.7 Å². The lowest BCUT2D eigenvalue weighted by Crippen LogP contribution is -2.30. The lowest BCUT2D eigenvalue weighted by atomic mass is 10.1. The first kappa shape index (κ1) is 21.5. The molecule has 162 valence electrons. The van der Waals surface area contributed by atoms with Crippen LogP contribution in [-0.4, -0.2) is 44.4 Å². The number of carbonyl (C=O) groups excluding carboxylic acids is 1. The fourth-order valence-electron chi connectivity index (χ4n) is 3.65. The highest BCUT2D eigenvalue weighted by molar-refractivity contribution is 7.99. The van der Waals surface area contributed by atoms with Crippen LogP contribution in [0.5, 0.6) is 0 Å². The molecule has 0 unspecified atom stereocenters. The number of para-hydroxylation sites is 1. The highest BCUT2D eigenvalue weighted by atomic mass is 32.2. The topological polar surface area (TPSA) is 63.1 Å². The molecule has 1 aliphatic rings. The van der Waals surface area contributed by atoms with Gasteiger partial charge < -0.3 is 5.32 Å². The average molecular weight is 440 g/mol. The van der Waals surface area contributed by atoms with E-state index in [1.165, 1.54) is 37.1 Å². The zero-order chi connectivity index (χ0) is 21.6. The van der Waals surface area contributed by atoms with E-state index in [0.717, 1.165) is 31.1 Å². The van der Waals surface area contributed by atoms with Crippen LogP contribution in [0.1, 0.15) is 30.7 Å². The third-order valence-electron chi connectivity index (χ3n) is 5.32. The molecule has 1 aliphatic heterocycles. The summed E-state index contributed by atoms with van der Waals surface area (Å²) in [5.41, 5.74) is 1.97. The molecule has 1 saturated heterocycles. The van der Waals surface area contributed by atoms with Crippen LogP contribution < -0.4 is 5.32 Å². The summed E-state index contributed by atoms with van der Waals surface area (Å²) in [7, 11) is 0. The number of rotatable bonds is 7. The van der Waals surface area contributed by atoms with Crippen molar-refractivity contribution in [2.75, 3.05) is 24.2 Å². The van der Waals surface area contributed by atoms with E-state index < -0.39 is 0 Å². The molecule has 8 heteroatoms. The minimum atomic E-state index is -0.336. The first-order valence-electron chi connectivity index (χ1n) is 10.5. The Morgan fingerprint density at radius 3 is 2.61 bits per heavy atom. The lowest BCUT2D eigenvalue weighted by Gasteiger charge is -2.26. The van der Waals surface area contributed by atoms with Crippen molar-refractivity contribution in [2.24, 2.45) is 0 Å². The van der Waals surface area contributed by atoms with Gasteiger partial charge in [0.2, 0.25) is 5.91 Å². The summed E-state index contributed by atoms with van der Waals surface area (Å²) in [6, 6.07) is 14.6. The Balaban J connectivity index is 1.48. The van der Waals surface area contributed by atoms with E-state index in [0.29, 0.717) is 16.4 Å². The van der Waals surface area contributed by atoms with E-state index >= 15 is 0 Å². The van der Waals surface area contributed by atoms with E-state index in [2.05, 4.69) is 20.4 Å². The predicted octanol–water partition coefficient (Wildman–Crippen LogP) is 4.43. The summed E-state index contributed by atoms with van der Waals surface area (Å²) in [5, 5.41) is 12.2. The Labute approximate surface area is 185 Å². The van der Waals surface area contributed by atoms with Crippen molar-refractivity contribution in [3.63, 3.8) is 0 Å². The number of likely N-dealkylation sites (tertiary alicyclic amines) is 1. The highest BCUT2D eigenvalue weighted by Gasteiger charge is 2.19. The van der Waals surface area contributed by atoms with Crippen LogP contribution in [0.3, 0.4) is 0 Å². The predicted molar refractivity (Wildman–Crippen MR) is 121 cm³/mol. The molecule has 6 nitrogen and oxygen atoms in total. The second kappa shape index (κ2) is 10.1. The second-order valence-corrected chi connectivity index (χ2v) is 8.65. The standard InChI is InChI=1S/C23H26FN5OS/c1-17-10-11-18(14-20(17)24)25-22(30)16-31-23-27-26-21(15-28-12-6-3-7-13-28)29(23)19-8-4-2-5-9-19/h2,4-5,8-11,14H,3,6-7,12-13,15-16H2,1H3,(H,25,30). The van der Waals surface area contributed by atoms with Crippen molar-refractivity contribution < 1.29 is 9.18 Å². The van der Waals surface area contributed by atoms with Crippen LogP contribution in [-0.2, 0) is 11.3 Å². The molecule has 0 radical (unpaired) electrons. The third kappa shape index (κ3) is 5.51. The van der Waals surface area contributed by atoms with Gasteiger partial charge >= 0.3 is 0 Å². The molecule has 3 aromatic rings. The number of aromatic nitrogens is 3. The summed E-state index contributed by atoms with van der Waals surface area (Å²) in [6.45, 7) is 4.56. The molecule has 2 aromatic carbocycles. The molecule has 1 fully saturated rings. The number of hydrogen-bond donors (Lipinski definition) is 1. The van der Waals surface area contributed by atoms with Gasteiger partial charge in [0.05, 0.1) is 12.3 Å². The van der Waals surface area contributed by atoms with Crippen LogP contribution in [0.25, 0.3) is 5.69 Å². The number of carbonyl (C=O) groups is 1. The number of thioether (sulfide) groups is 1. The van der Waals surface area contributed by atoms with E-state index in [1.807, 2.05) is 34.9 Å². The van der Waals surface area contributed by atoms with Gasteiger partial charge in [0.25, 0.3) is 0 Å². The number of amides is 1. The number of aryl methyl sites for hydroxylation is 1. The number of anilines is 1. The van der Waals surface area contributed by atoms with Crippen molar-refractivity contribution in [3.05, 3.63) is 65.7 Å². The number of hydrogen-bond acceptors (Lipinski definition) is 5. The molecular formula is C23H26FN5OS. The Bertz CT molecular complexity index is 1030. The van der Waals surface area contributed by atoms with Crippen LogP contribution in [0.4, 0.5) is 10.1 Å². The van der Waals surface area contributed by atoms with Gasteiger partial charge in [-0.2, -0.15) is 0 Å². The lowest BCUT2D eigenvalue weighted by molar-refractivity contribution is -0.113. The van der Waals surface area contributed by atoms with Crippen molar-refractivity contribution in [3.8, 4) is 5.69 Å². The number of nitrogens with zero attached hydrogens (tertiary/aromatic N) is 4. The second-order valence-electron chi connectivity index (χ2n) is 7.71. The van der Waals surface area contributed by atoms with E-state index in [-0.39, 0.29) is 17.5 Å². The van der Waals surface area contributed by atoms with Crippen LogP contribution in [0.15, 0.2) is 53.7 Å². The molecule has 1 N–H and O–H groups in total. The fourth-order valence-corrected chi connectivity index (χ4v) is 4.42. The molecule has 1 aromatic heterocycles. The third-order valence-corrected chi connectivity index (χ3v) is 6.25. The van der Waals surface area contributed by atoms with Crippen molar-refractivity contribution >= 4 is 23.4 Å². The van der Waals surface area contributed by atoms with E-state index in [4.69, 9.17) is 0 Å². The summed E-state index contributed by atoms with van der Waals surface area (Å²) in [4.78, 5) is 14.8. The Morgan fingerprint density at radius 2 is 1.87 bits per heavy atom. The molecule has 4 rings (SSSR count). The maximum atomic E-state index is 13.7. The molecule has 0 atom stereocenters. The van der Waals surface area contributed by atoms with E-state index in [1.54, 1.807) is 19.1 Å². The van der Waals surface area contributed by atoms with Gasteiger partial charge in [-0.15, -0.1) is 10.2 Å². The number of halogens is 1. The zero-order valence-electron chi connectivity index (χ0n) is 17.6. The van der Waals surface area contributed by atoms with Crippen LogP contribution >= 0.6 is 11.8 Å². The molecule has 0 bridgehead atoms. The summed E-state index contributed by atoms with van der Waals surface area (Å²) >= 11 is 1.32. The molecular weight excluding hydrogens is 413 g/mol. The molecule has 0 saturated carbocycles. The van der Waals surface area contributed by atoms with Crippen molar-refractivity contribution in [2.45, 2.75) is 37.9 Å². The minimum absolute atomic E-state index is 0.157. The zero-order valence-corrected chi connectivity index (χ0v) is 18.4. The summed E-state index contributed by atoms with van der Waals surface area (Å²) in [5.74, 6) is 0.478. The molecule has 2 heterocycles. The van der Waals surface area contributed by atoms with Gasteiger partial charge in [0, 0.05) is 11.4 Å². The normalized spacial score (nSPS) is 14.5. The van der Waals surface area contributed by atoms with E-state index in [9.17, 15) is 9.18 Å². The smallest absolute Gasteiger partial charge is 0.234 e. The number of piperidine rings is 1. The Hall–Kier alpha value is -2.71. The van der Waals surface area contributed by atoms with Crippen molar-refractivity contribution in [1.29, 1.82) is 0 Å².